The highest BCUT2D eigenvalue weighted by Crippen LogP contribution is 2.56. The van der Waals surface area contributed by atoms with Gasteiger partial charge in [-0.05, 0) is 226 Å². The Morgan fingerprint density at radius 2 is 0.415 bits per heavy atom. The minimum Gasteiger partial charge on any atom is -0.439 e. The van der Waals surface area contributed by atoms with Crippen LogP contribution in [0.5, 0.6) is 0 Å². The highest BCUT2D eigenvalue weighted by atomic mass is 32.1. The maximum atomic E-state index is 6.67. The molecule has 22 aromatic rings. The van der Waals surface area contributed by atoms with Crippen molar-refractivity contribution < 1.29 is 8.83 Å². The second kappa shape index (κ2) is 34.1. The van der Waals surface area contributed by atoms with Gasteiger partial charge in [0.15, 0.2) is 0 Å². The first-order chi connectivity index (χ1) is 64.0. The molecule has 2 aliphatic carbocycles. The molecular weight excluding hydrogens is 1620 g/mol. The van der Waals surface area contributed by atoms with Crippen LogP contribution >= 0.6 is 22.7 Å². The number of benzene rings is 18. The molecule has 0 N–H and O–H groups in total. The van der Waals surface area contributed by atoms with Gasteiger partial charge in [0.25, 0.3) is 0 Å². The van der Waals surface area contributed by atoms with Gasteiger partial charge in [-0.1, -0.05) is 307 Å². The molecule has 24 rings (SSSR count). The minimum absolute atomic E-state index is 0.228. The van der Waals surface area contributed by atoms with E-state index in [9.17, 15) is 0 Å². The molecule has 4 heterocycles. The lowest BCUT2D eigenvalue weighted by Crippen LogP contribution is -2.30. The summed E-state index contributed by atoms with van der Waals surface area (Å²) < 4.78 is 16.0. The Balaban J connectivity index is 0.000000115. The average Bonchev–Trinajstić information content (AvgIpc) is 1.54. The van der Waals surface area contributed by atoms with Gasteiger partial charge in [0.1, 0.15) is 21.2 Å². The smallest absolute Gasteiger partial charge is 0.205 e. The fraction of sp³-hybridized carbons (Fsp3) is 0.0500. The van der Waals surface area contributed by atoms with Crippen LogP contribution in [0.15, 0.2) is 481 Å². The lowest BCUT2D eigenvalue weighted by Gasteiger charge is -2.37. The SMILES string of the molecule is CC1(C)C(N(c2ccccc2)c2ccccc2)=Cc2ccc3c4c(ccc3c21)C=C(N(c1ccccc1)c1ccccc1)C4(C)C.c1ccc(N(c2ccccc2)c2cc3ccc4c(ccc5cc(N(c6ccccc6)c6ccccc6)oc54)c3o2)cc1.c1ccc(N(c2ccccc2)c2cc3ccc4c(ccc5cc(N(c6ccccc6)c6ccccc6)sc54)c3s2)cc1. The first kappa shape index (κ1) is 79.9. The molecule has 130 heavy (non-hydrogen) atoms. The molecule has 18 aromatic carbocycles. The third-order valence-electron chi connectivity index (χ3n) is 25.2. The first-order valence-electron chi connectivity index (χ1n) is 44.3. The number of hydrogen-bond donors (Lipinski definition) is 0. The number of fused-ring (bicyclic) bond motifs is 15. The maximum Gasteiger partial charge on any atom is 0.205 e. The largest absolute Gasteiger partial charge is 0.439 e. The van der Waals surface area contributed by atoms with Crippen LogP contribution in [0.3, 0.4) is 0 Å². The molecule has 2 aliphatic rings. The molecule has 624 valence electrons. The van der Waals surface area contributed by atoms with Gasteiger partial charge in [0, 0.05) is 144 Å². The van der Waals surface area contributed by atoms with Crippen molar-refractivity contribution in [2.24, 2.45) is 0 Å². The summed E-state index contributed by atoms with van der Waals surface area (Å²) >= 11 is 3.72. The number of hydrogen-bond acceptors (Lipinski definition) is 10. The van der Waals surface area contributed by atoms with E-state index in [4.69, 9.17) is 8.83 Å². The Labute approximate surface area is 765 Å². The van der Waals surface area contributed by atoms with Crippen LogP contribution in [0.2, 0.25) is 0 Å². The molecule has 0 saturated heterocycles. The van der Waals surface area contributed by atoms with Crippen LogP contribution < -0.4 is 29.4 Å². The Morgan fingerprint density at radius 1 is 0.200 bits per heavy atom. The van der Waals surface area contributed by atoms with Crippen LogP contribution in [0.4, 0.5) is 90.0 Å². The van der Waals surface area contributed by atoms with Gasteiger partial charge >= 0.3 is 0 Å². The second-order valence-corrected chi connectivity index (χ2v) is 36.0. The van der Waals surface area contributed by atoms with E-state index in [-0.39, 0.29) is 10.8 Å². The predicted octanol–water partition coefficient (Wildman–Crippen LogP) is 35.3. The number of thiophene rings is 2. The normalized spacial score (nSPS) is 12.8. The quantitative estimate of drug-likeness (QED) is 0.0842. The lowest BCUT2D eigenvalue weighted by molar-refractivity contribution is 0.621. The van der Waals surface area contributed by atoms with E-state index < -0.39 is 0 Å². The number of anilines is 16. The molecule has 0 bridgehead atoms. The van der Waals surface area contributed by atoms with Crippen LogP contribution in [0, 0.1) is 0 Å². The Morgan fingerprint density at radius 3 is 0.669 bits per heavy atom. The molecule has 0 unspecified atom stereocenters. The third-order valence-corrected chi connectivity index (χ3v) is 27.5. The molecule has 0 amide bonds. The van der Waals surface area contributed by atoms with Gasteiger partial charge in [-0.15, -0.1) is 22.7 Å². The topological polar surface area (TPSA) is 45.7 Å². The van der Waals surface area contributed by atoms with Crippen molar-refractivity contribution >= 4 is 199 Å². The minimum atomic E-state index is -0.228. The van der Waals surface area contributed by atoms with Gasteiger partial charge in [0.05, 0.1) is 0 Å². The van der Waals surface area contributed by atoms with E-state index in [1.807, 2.05) is 95.5 Å². The third kappa shape index (κ3) is 14.7. The Kier molecular flexibility index (Phi) is 20.9. The number of para-hydroxylation sites is 12. The van der Waals surface area contributed by atoms with E-state index in [2.05, 4.69) is 457 Å². The van der Waals surface area contributed by atoms with Gasteiger partial charge in [-0.2, -0.15) is 0 Å². The van der Waals surface area contributed by atoms with E-state index >= 15 is 0 Å². The number of furan rings is 2. The molecule has 0 saturated carbocycles. The summed E-state index contributed by atoms with van der Waals surface area (Å²) in [5.41, 5.74) is 22.6. The summed E-state index contributed by atoms with van der Waals surface area (Å²) in [5.74, 6) is 1.52. The van der Waals surface area contributed by atoms with Crippen molar-refractivity contribution in [1.29, 1.82) is 0 Å². The molecule has 0 atom stereocenters. The number of allylic oxidation sites excluding steroid dienone is 2. The van der Waals surface area contributed by atoms with Crippen LogP contribution in [0.1, 0.15) is 49.9 Å². The van der Waals surface area contributed by atoms with Crippen molar-refractivity contribution in [1.82, 2.24) is 0 Å². The molecule has 0 fully saturated rings. The molecule has 0 spiro atoms. The lowest BCUT2D eigenvalue weighted by atomic mass is 9.76. The van der Waals surface area contributed by atoms with E-state index in [1.54, 1.807) is 0 Å². The zero-order valence-electron chi connectivity index (χ0n) is 72.3. The maximum absolute atomic E-state index is 6.67. The summed E-state index contributed by atoms with van der Waals surface area (Å²) in [7, 11) is 0. The zero-order valence-corrected chi connectivity index (χ0v) is 74.0. The molecule has 10 heteroatoms. The average molecular weight is 1710 g/mol. The van der Waals surface area contributed by atoms with Crippen molar-refractivity contribution in [3.63, 3.8) is 0 Å². The highest BCUT2D eigenvalue weighted by molar-refractivity contribution is 7.25. The summed E-state index contributed by atoms with van der Waals surface area (Å²) in [6, 6.07) is 163. The predicted molar refractivity (Wildman–Crippen MR) is 553 cm³/mol. The summed E-state index contributed by atoms with van der Waals surface area (Å²) in [6.07, 6.45) is 4.81. The van der Waals surface area contributed by atoms with Gasteiger partial charge in [-0.25, -0.2) is 0 Å². The number of nitrogens with zero attached hydrogens (tertiary/aromatic N) is 6. The monoisotopic (exact) mass is 1710 g/mol. The van der Waals surface area contributed by atoms with Crippen LogP contribution in [0.25, 0.3) is 86.6 Å². The van der Waals surface area contributed by atoms with E-state index in [0.717, 1.165) is 90.0 Å². The first-order valence-corrected chi connectivity index (χ1v) is 45.9. The summed E-state index contributed by atoms with van der Waals surface area (Å²) in [5, 5.41) is 14.3. The van der Waals surface area contributed by atoms with E-state index in [0.29, 0.717) is 0 Å². The van der Waals surface area contributed by atoms with E-state index in [1.165, 1.54) is 108 Å². The van der Waals surface area contributed by atoms with Gasteiger partial charge in [0.2, 0.25) is 11.8 Å². The second-order valence-electron chi connectivity index (χ2n) is 34.0. The molecule has 0 radical (unpaired) electrons. The Bertz CT molecular complexity index is 6870. The Hall–Kier alpha value is -16.0. The fourth-order valence-electron chi connectivity index (χ4n) is 19.3. The van der Waals surface area contributed by atoms with Gasteiger partial charge in [-0.3, -0.25) is 9.80 Å². The van der Waals surface area contributed by atoms with Crippen LogP contribution in [-0.2, 0) is 10.8 Å². The summed E-state index contributed by atoms with van der Waals surface area (Å²) in [6.45, 7) is 9.55. The molecule has 0 aliphatic heterocycles. The standard InChI is InChI=1S/C44H38N2.C38H26N2O2.C38H26N2S2/c1-43(2)39(45(33-17-9-5-10-18-33)34-19-11-6-12-20-34)29-31-25-28-38-37(41(31)43)27-26-32-30-40(44(3,4)42(32)38)46(35-21-13-7-14-22-35)36-23-15-8-16-24-36;2*1-5-13-29(14-6-1)39(30-15-7-2-8-16-30)35-25-27-21-23-34-33(37(27)41-35)24-22-28-26-36(42-38(28)34)40(31-17-9-3-10-18-31)32-19-11-4-12-20-32/h5-30H,1-4H3;2*1-26H. The van der Waals surface area contributed by atoms with Crippen molar-refractivity contribution in [2.45, 2.75) is 38.5 Å². The fourth-order valence-corrected chi connectivity index (χ4v) is 21.7. The van der Waals surface area contributed by atoms with Gasteiger partial charge < -0.3 is 28.4 Å². The van der Waals surface area contributed by atoms with Crippen molar-refractivity contribution in [3.8, 4) is 0 Å². The zero-order chi connectivity index (χ0) is 87.2. The highest BCUT2D eigenvalue weighted by Gasteiger charge is 2.43. The van der Waals surface area contributed by atoms with Crippen molar-refractivity contribution in [3.05, 3.63) is 495 Å². The number of rotatable bonds is 18. The molecule has 8 nitrogen and oxygen atoms in total. The van der Waals surface area contributed by atoms with Crippen molar-refractivity contribution in [2.75, 3.05) is 29.4 Å². The summed E-state index contributed by atoms with van der Waals surface area (Å²) in [4.78, 5) is 13.9. The van der Waals surface area contributed by atoms with Crippen LogP contribution in [-0.4, -0.2) is 0 Å². The molecule has 4 aromatic heterocycles. The molecular formula is C120H90N6O2S2.